The van der Waals surface area contributed by atoms with Crippen molar-refractivity contribution in [1.82, 2.24) is 4.90 Å². The molecule has 0 spiro atoms. The molecule has 1 fully saturated rings. The van der Waals surface area contributed by atoms with Gasteiger partial charge in [-0.3, -0.25) is 0 Å². The number of para-hydroxylation sites is 1. The molecule has 0 saturated heterocycles. The van der Waals surface area contributed by atoms with Crippen LogP contribution in [0.4, 0.5) is 4.79 Å². The van der Waals surface area contributed by atoms with Gasteiger partial charge in [-0.15, -0.1) is 6.58 Å². The van der Waals surface area contributed by atoms with Crippen molar-refractivity contribution < 1.29 is 9.53 Å². The number of rotatable bonds is 4. The summed E-state index contributed by atoms with van der Waals surface area (Å²) in [5.74, 6) is 0.592. The molecule has 1 aromatic rings. The van der Waals surface area contributed by atoms with Gasteiger partial charge in [0.05, 0.1) is 0 Å². The van der Waals surface area contributed by atoms with Crippen LogP contribution in [-0.4, -0.2) is 23.6 Å². The first-order valence-corrected chi connectivity index (χ1v) is 6.45. The van der Waals surface area contributed by atoms with Gasteiger partial charge in [-0.2, -0.15) is 0 Å². The highest BCUT2D eigenvalue weighted by Gasteiger charge is 2.27. The Morgan fingerprint density at radius 3 is 2.61 bits per heavy atom. The van der Waals surface area contributed by atoms with E-state index >= 15 is 0 Å². The van der Waals surface area contributed by atoms with Crippen molar-refractivity contribution in [2.45, 2.75) is 31.7 Å². The number of hydrogen-bond donors (Lipinski definition) is 0. The van der Waals surface area contributed by atoms with Gasteiger partial charge in [0, 0.05) is 12.6 Å². The molecular weight excluding hydrogens is 226 g/mol. The molecule has 3 heteroatoms. The molecule has 1 saturated carbocycles. The van der Waals surface area contributed by atoms with E-state index in [-0.39, 0.29) is 6.09 Å². The van der Waals surface area contributed by atoms with Gasteiger partial charge in [-0.1, -0.05) is 37.1 Å². The zero-order valence-electron chi connectivity index (χ0n) is 10.5. The van der Waals surface area contributed by atoms with Crippen LogP contribution in [0.2, 0.25) is 0 Å². The van der Waals surface area contributed by atoms with E-state index in [1.165, 1.54) is 12.8 Å². The van der Waals surface area contributed by atoms with Crippen LogP contribution in [0.15, 0.2) is 43.0 Å². The molecule has 0 radical (unpaired) electrons. The fraction of sp³-hybridized carbons (Fsp3) is 0.400. The van der Waals surface area contributed by atoms with Gasteiger partial charge in [-0.05, 0) is 25.0 Å². The van der Waals surface area contributed by atoms with Crippen molar-refractivity contribution in [3.8, 4) is 5.75 Å². The molecule has 0 heterocycles. The third-order valence-electron chi connectivity index (χ3n) is 3.27. The van der Waals surface area contributed by atoms with E-state index in [1.54, 1.807) is 23.1 Å². The lowest BCUT2D eigenvalue weighted by Crippen LogP contribution is -2.40. The van der Waals surface area contributed by atoms with E-state index in [4.69, 9.17) is 4.74 Å². The summed E-state index contributed by atoms with van der Waals surface area (Å²) >= 11 is 0. The highest BCUT2D eigenvalue weighted by Crippen LogP contribution is 2.24. The summed E-state index contributed by atoms with van der Waals surface area (Å²) in [5, 5.41) is 0. The summed E-state index contributed by atoms with van der Waals surface area (Å²) in [5.41, 5.74) is 0. The van der Waals surface area contributed by atoms with Gasteiger partial charge in [-0.25, -0.2) is 4.79 Å². The quantitative estimate of drug-likeness (QED) is 0.758. The van der Waals surface area contributed by atoms with E-state index < -0.39 is 0 Å². The molecule has 1 amide bonds. The normalized spacial score (nSPS) is 15.3. The van der Waals surface area contributed by atoms with Crippen molar-refractivity contribution in [1.29, 1.82) is 0 Å². The van der Waals surface area contributed by atoms with Crippen molar-refractivity contribution >= 4 is 6.09 Å². The minimum absolute atomic E-state index is 0.270. The monoisotopic (exact) mass is 245 g/mol. The number of amides is 1. The van der Waals surface area contributed by atoms with Crippen molar-refractivity contribution in [2.75, 3.05) is 6.54 Å². The average Bonchev–Trinajstić information content (AvgIpc) is 2.90. The lowest BCUT2D eigenvalue weighted by molar-refractivity contribution is 0.138. The third kappa shape index (κ3) is 3.13. The fourth-order valence-electron chi connectivity index (χ4n) is 2.38. The van der Waals surface area contributed by atoms with Crippen molar-refractivity contribution in [2.24, 2.45) is 0 Å². The Bertz CT molecular complexity index is 396. The third-order valence-corrected chi connectivity index (χ3v) is 3.27. The standard InChI is InChI=1S/C15H19NO2/c1-2-12-16(13-8-6-7-9-13)15(17)18-14-10-4-3-5-11-14/h2-5,10-11,13H,1,6-9,12H2. The Labute approximate surface area is 108 Å². The Balaban J connectivity index is 2.01. The maximum absolute atomic E-state index is 12.1. The smallest absolute Gasteiger partial charge is 0.410 e. The largest absolute Gasteiger partial charge is 0.415 e. The van der Waals surface area contributed by atoms with Crippen molar-refractivity contribution in [3.05, 3.63) is 43.0 Å². The number of carbonyl (C=O) groups is 1. The number of ether oxygens (including phenoxy) is 1. The summed E-state index contributed by atoms with van der Waals surface area (Å²) in [6.45, 7) is 4.26. The Morgan fingerprint density at radius 1 is 1.33 bits per heavy atom. The van der Waals surface area contributed by atoms with E-state index in [1.807, 2.05) is 18.2 Å². The lowest BCUT2D eigenvalue weighted by Gasteiger charge is -2.26. The van der Waals surface area contributed by atoms with E-state index in [0.717, 1.165) is 12.8 Å². The summed E-state index contributed by atoms with van der Waals surface area (Å²) in [7, 11) is 0. The summed E-state index contributed by atoms with van der Waals surface area (Å²) < 4.78 is 5.38. The van der Waals surface area contributed by atoms with Gasteiger partial charge < -0.3 is 9.64 Å². The van der Waals surface area contributed by atoms with Crippen LogP contribution >= 0.6 is 0 Å². The van der Waals surface area contributed by atoms with E-state index in [9.17, 15) is 4.79 Å². The maximum Gasteiger partial charge on any atom is 0.415 e. The van der Waals surface area contributed by atoms with Gasteiger partial charge in [0.15, 0.2) is 0 Å². The Kier molecular flexibility index (Phi) is 4.40. The molecule has 0 bridgehead atoms. The topological polar surface area (TPSA) is 29.5 Å². The van der Waals surface area contributed by atoms with Crippen LogP contribution in [0.5, 0.6) is 5.75 Å². The second-order valence-corrected chi connectivity index (χ2v) is 4.56. The molecule has 2 rings (SSSR count). The summed E-state index contributed by atoms with van der Waals surface area (Å²) in [6, 6.07) is 9.50. The van der Waals surface area contributed by atoms with Gasteiger partial charge >= 0.3 is 6.09 Å². The molecule has 0 unspecified atom stereocenters. The maximum atomic E-state index is 12.1. The van der Waals surface area contributed by atoms with E-state index in [2.05, 4.69) is 6.58 Å². The fourth-order valence-corrected chi connectivity index (χ4v) is 2.38. The van der Waals surface area contributed by atoms with Gasteiger partial charge in [0.25, 0.3) is 0 Å². The van der Waals surface area contributed by atoms with Crippen molar-refractivity contribution in [3.63, 3.8) is 0 Å². The summed E-state index contributed by atoms with van der Waals surface area (Å²) in [6.07, 6.45) is 6.00. The first-order valence-electron chi connectivity index (χ1n) is 6.45. The molecule has 0 aliphatic heterocycles. The molecular formula is C15H19NO2. The first kappa shape index (κ1) is 12.7. The number of benzene rings is 1. The van der Waals surface area contributed by atoms with Crippen LogP contribution in [0.25, 0.3) is 0 Å². The number of hydrogen-bond acceptors (Lipinski definition) is 2. The van der Waals surface area contributed by atoms with E-state index in [0.29, 0.717) is 18.3 Å². The van der Waals surface area contributed by atoms with Crippen LogP contribution < -0.4 is 4.74 Å². The van der Waals surface area contributed by atoms with Gasteiger partial charge in [0.1, 0.15) is 5.75 Å². The minimum Gasteiger partial charge on any atom is -0.410 e. The molecule has 1 aliphatic rings. The molecule has 1 aliphatic carbocycles. The molecule has 18 heavy (non-hydrogen) atoms. The summed E-state index contributed by atoms with van der Waals surface area (Å²) in [4.78, 5) is 13.9. The second-order valence-electron chi connectivity index (χ2n) is 4.56. The molecule has 3 nitrogen and oxygen atoms in total. The molecule has 1 aromatic carbocycles. The van der Waals surface area contributed by atoms with Crippen LogP contribution in [0.3, 0.4) is 0 Å². The van der Waals surface area contributed by atoms with Crippen LogP contribution in [0, 0.1) is 0 Å². The molecule has 0 atom stereocenters. The Hall–Kier alpha value is -1.77. The SMILES string of the molecule is C=CCN(C(=O)Oc1ccccc1)C1CCCC1. The highest BCUT2D eigenvalue weighted by atomic mass is 16.6. The minimum atomic E-state index is -0.270. The average molecular weight is 245 g/mol. The number of carbonyl (C=O) groups excluding carboxylic acids is 1. The number of nitrogens with zero attached hydrogens (tertiary/aromatic N) is 1. The highest BCUT2D eigenvalue weighted by molar-refractivity contribution is 5.71. The Morgan fingerprint density at radius 2 is 2.00 bits per heavy atom. The zero-order chi connectivity index (χ0) is 12.8. The molecule has 96 valence electrons. The zero-order valence-corrected chi connectivity index (χ0v) is 10.5. The van der Waals surface area contributed by atoms with Crippen LogP contribution in [0.1, 0.15) is 25.7 Å². The first-order chi connectivity index (χ1) is 8.81. The second kappa shape index (κ2) is 6.24. The van der Waals surface area contributed by atoms with Crippen LogP contribution in [-0.2, 0) is 0 Å². The molecule has 0 N–H and O–H groups in total. The predicted molar refractivity (Wildman–Crippen MR) is 71.6 cm³/mol. The molecule has 0 aromatic heterocycles. The lowest BCUT2D eigenvalue weighted by atomic mass is 10.2. The predicted octanol–water partition coefficient (Wildman–Crippen LogP) is 3.62. The van der Waals surface area contributed by atoms with Gasteiger partial charge in [0.2, 0.25) is 0 Å².